The van der Waals surface area contributed by atoms with Crippen LogP contribution in [0.15, 0.2) is 42.5 Å². The molecule has 2 aromatic rings. The minimum Gasteiger partial charge on any atom is -0.314 e. The number of hydrogen-bond acceptors (Lipinski definition) is 2. The van der Waals surface area contributed by atoms with Crippen molar-refractivity contribution in [3.8, 4) is 0 Å². The number of benzene rings is 2. The third-order valence-corrected chi connectivity index (χ3v) is 2.82. The van der Waals surface area contributed by atoms with Crippen LogP contribution in [0.3, 0.4) is 0 Å². The van der Waals surface area contributed by atoms with E-state index in [0.717, 1.165) is 5.56 Å². The van der Waals surface area contributed by atoms with Gasteiger partial charge in [0.25, 0.3) is 0 Å². The summed E-state index contributed by atoms with van der Waals surface area (Å²) in [5.41, 5.74) is 1.12. The maximum atomic E-state index is 9.38. The third-order valence-electron chi connectivity index (χ3n) is 2.82. The molecule has 2 nitrogen and oxygen atoms in total. The zero-order valence-corrected chi connectivity index (χ0v) is 9.01. The summed E-state index contributed by atoms with van der Waals surface area (Å²) in [5.74, 6) is 0. The van der Waals surface area contributed by atoms with E-state index in [0.29, 0.717) is 0 Å². The first-order valence-electron chi connectivity index (χ1n) is 5.09. The maximum Gasteiger partial charge on any atom is 0.0568 e. The fourth-order valence-corrected chi connectivity index (χ4v) is 1.68. The largest absolute Gasteiger partial charge is 0.314 e. The fourth-order valence-electron chi connectivity index (χ4n) is 1.68. The molecule has 2 rings (SSSR count). The molecule has 15 heavy (non-hydrogen) atoms. The van der Waals surface area contributed by atoms with Gasteiger partial charge in [-0.1, -0.05) is 36.4 Å². The molecular formula is C13H15NO. The second-order valence-corrected chi connectivity index (χ2v) is 3.86. The molecule has 0 aliphatic carbocycles. The van der Waals surface area contributed by atoms with Gasteiger partial charge in [-0.15, -0.1) is 0 Å². The zero-order valence-electron chi connectivity index (χ0n) is 9.01. The van der Waals surface area contributed by atoms with Crippen LogP contribution >= 0.6 is 0 Å². The van der Waals surface area contributed by atoms with E-state index in [1.54, 1.807) is 7.05 Å². The highest BCUT2D eigenvalue weighted by Crippen LogP contribution is 2.22. The van der Waals surface area contributed by atoms with Crippen LogP contribution in [-0.4, -0.2) is 17.3 Å². The summed E-state index contributed by atoms with van der Waals surface area (Å²) in [6.07, 6.45) is 0. The van der Waals surface area contributed by atoms with Crippen LogP contribution in [0.1, 0.15) is 18.5 Å². The Hall–Kier alpha value is -1.38. The molecule has 0 saturated heterocycles. The molecule has 0 bridgehead atoms. The predicted octanol–water partition coefficient (Wildman–Crippen LogP) is 3.22. The summed E-state index contributed by atoms with van der Waals surface area (Å²) < 4.78 is 0. The van der Waals surface area contributed by atoms with Gasteiger partial charge in [0, 0.05) is 7.05 Å². The Morgan fingerprint density at radius 3 is 2.40 bits per heavy atom. The van der Waals surface area contributed by atoms with Gasteiger partial charge in [-0.25, -0.2) is 0 Å². The lowest BCUT2D eigenvalue weighted by molar-refractivity contribution is -0.0983. The molecule has 0 spiro atoms. The highest BCUT2D eigenvalue weighted by molar-refractivity contribution is 5.83. The third kappa shape index (κ3) is 2.01. The Labute approximate surface area is 89.7 Å². The summed E-state index contributed by atoms with van der Waals surface area (Å²) in [6.45, 7) is 1.98. The van der Waals surface area contributed by atoms with E-state index in [2.05, 4.69) is 30.3 Å². The van der Waals surface area contributed by atoms with Gasteiger partial charge in [0.1, 0.15) is 0 Å². The van der Waals surface area contributed by atoms with Gasteiger partial charge in [-0.05, 0) is 29.3 Å². The van der Waals surface area contributed by atoms with Crippen molar-refractivity contribution in [3.05, 3.63) is 48.0 Å². The lowest BCUT2D eigenvalue weighted by Crippen LogP contribution is -2.17. The SMILES string of the molecule is CC(c1ccc2ccccc2c1)N(C)O. The number of hydrogen-bond donors (Lipinski definition) is 1. The average Bonchev–Trinajstić information content (AvgIpc) is 2.27. The minimum absolute atomic E-state index is 0.0228. The molecule has 0 aromatic heterocycles. The van der Waals surface area contributed by atoms with Crippen molar-refractivity contribution >= 4 is 10.8 Å². The molecule has 0 radical (unpaired) electrons. The van der Waals surface area contributed by atoms with Gasteiger partial charge in [0.15, 0.2) is 0 Å². The molecule has 0 aliphatic rings. The minimum atomic E-state index is 0.0228. The standard InChI is InChI=1S/C13H15NO/c1-10(14(2)15)12-8-7-11-5-3-4-6-13(11)9-12/h3-10,15H,1-2H3. The second-order valence-electron chi connectivity index (χ2n) is 3.86. The molecule has 0 fully saturated rings. The summed E-state index contributed by atoms with van der Waals surface area (Å²) in [5, 5.41) is 13.0. The van der Waals surface area contributed by atoms with Gasteiger partial charge in [0.2, 0.25) is 0 Å². The van der Waals surface area contributed by atoms with Crippen molar-refractivity contribution in [1.82, 2.24) is 5.06 Å². The van der Waals surface area contributed by atoms with Crippen molar-refractivity contribution in [2.45, 2.75) is 13.0 Å². The molecule has 1 atom stereocenters. The molecule has 0 heterocycles. The van der Waals surface area contributed by atoms with Crippen LogP contribution in [0.4, 0.5) is 0 Å². The van der Waals surface area contributed by atoms with Crippen LogP contribution in [-0.2, 0) is 0 Å². The number of rotatable bonds is 2. The second kappa shape index (κ2) is 4.01. The van der Waals surface area contributed by atoms with Crippen LogP contribution < -0.4 is 0 Å². The molecule has 78 valence electrons. The smallest absolute Gasteiger partial charge is 0.0568 e. The van der Waals surface area contributed by atoms with E-state index < -0.39 is 0 Å². The predicted molar refractivity (Wildman–Crippen MR) is 61.9 cm³/mol. The number of hydroxylamine groups is 2. The molecule has 1 unspecified atom stereocenters. The molecule has 2 aromatic carbocycles. The molecule has 2 heteroatoms. The van der Waals surface area contributed by atoms with E-state index in [-0.39, 0.29) is 6.04 Å². The highest BCUT2D eigenvalue weighted by Gasteiger charge is 2.09. The Morgan fingerprint density at radius 2 is 1.73 bits per heavy atom. The van der Waals surface area contributed by atoms with E-state index in [9.17, 15) is 5.21 Å². The van der Waals surface area contributed by atoms with Crippen molar-refractivity contribution in [2.24, 2.45) is 0 Å². The van der Waals surface area contributed by atoms with Gasteiger partial charge in [0.05, 0.1) is 6.04 Å². The van der Waals surface area contributed by atoms with Crippen LogP contribution in [0.2, 0.25) is 0 Å². The first-order valence-corrected chi connectivity index (χ1v) is 5.09. The van der Waals surface area contributed by atoms with Gasteiger partial charge in [-0.3, -0.25) is 0 Å². The van der Waals surface area contributed by atoms with E-state index >= 15 is 0 Å². The van der Waals surface area contributed by atoms with Gasteiger partial charge in [-0.2, -0.15) is 5.06 Å². The summed E-state index contributed by atoms with van der Waals surface area (Å²) in [6, 6.07) is 14.5. The first-order chi connectivity index (χ1) is 7.18. The average molecular weight is 201 g/mol. The van der Waals surface area contributed by atoms with Crippen molar-refractivity contribution < 1.29 is 5.21 Å². The summed E-state index contributed by atoms with van der Waals surface area (Å²) in [7, 11) is 1.67. The molecule has 1 N–H and O–H groups in total. The van der Waals surface area contributed by atoms with Crippen LogP contribution in [0, 0.1) is 0 Å². The van der Waals surface area contributed by atoms with Gasteiger partial charge >= 0.3 is 0 Å². The fraction of sp³-hybridized carbons (Fsp3) is 0.231. The van der Waals surface area contributed by atoms with Crippen molar-refractivity contribution in [3.63, 3.8) is 0 Å². The maximum absolute atomic E-state index is 9.38. The van der Waals surface area contributed by atoms with E-state index in [1.807, 2.05) is 19.1 Å². The lowest BCUT2D eigenvalue weighted by Gasteiger charge is -2.18. The lowest BCUT2D eigenvalue weighted by atomic mass is 10.0. The monoisotopic (exact) mass is 201 g/mol. The zero-order chi connectivity index (χ0) is 10.8. The number of fused-ring (bicyclic) bond motifs is 1. The topological polar surface area (TPSA) is 23.5 Å². The van der Waals surface area contributed by atoms with E-state index in [4.69, 9.17) is 0 Å². The molecular weight excluding hydrogens is 186 g/mol. The number of nitrogens with zero attached hydrogens (tertiary/aromatic N) is 1. The first kappa shape index (κ1) is 10.1. The molecule has 0 aliphatic heterocycles. The Balaban J connectivity index is 2.47. The van der Waals surface area contributed by atoms with Crippen LogP contribution in [0.25, 0.3) is 10.8 Å². The Kier molecular flexibility index (Phi) is 2.71. The highest BCUT2D eigenvalue weighted by atomic mass is 16.5. The van der Waals surface area contributed by atoms with E-state index in [1.165, 1.54) is 15.8 Å². The summed E-state index contributed by atoms with van der Waals surface area (Å²) in [4.78, 5) is 0. The van der Waals surface area contributed by atoms with Crippen LogP contribution in [0.5, 0.6) is 0 Å². The molecule has 0 saturated carbocycles. The van der Waals surface area contributed by atoms with Crippen molar-refractivity contribution in [1.29, 1.82) is 0 Å². The Morgan fingerprint density at radius 1 is 1.07 bits per heavy atom. The van der Waals surface area contributed by atoms with Gasteiger partial charge < -0.3 is 5.21 Å². The quantitative estimate of drug-likeness (QED) is 0.754. The Bertz CT molecular complexity index is 465. The normalized spacial score (nSPS) is 13.3. The van der Waals surface area contributed by atoms with Crippen molar-refractivity contribution in [2.75, 3.05) is 7.05 Å². The summed E-state index contributed by atoms with van der Waals surface area (Å²) >= 11 is 0. The molecule has 0 amide bonds.